The highest BCUT2D eigenvalue weighted by atomic mass is 16.1. The normalized spacial score (nSPS) is 20.3. The zero-order chi connectivity index (χ0) is 17.2. The van der Waals surface area contributed by atoms with Crippen molar-refractivity contribution < 1.29 is 4.79 Å². The maximum Gasteiger partial charge on any atom is 0.225 e. The van der Waals surface area contributed by atoms with Crippen LogP contribution in [0.1, 0.15) is 46.6 Å². The number of ketones is 1. The molecule has 0 N–H and O–H groups in total. The number of benzene rings is 1. The maximum atomic E-state index is 12.6. The Balaban J connectivity index is 1.60. The molecule has 4 rings (SSSR count). The second-order valence-corrected chi connectivity index (χ2v) is 6.99. The van der Waals surface area contributed by atoms with Crippen molar-refractivity contribution in [1.29, 1.82) is 0 Å². The Bertz CT molecular complexity index is 807. The van der Waals surface area contributed by atoms with E-state index in [-0.39, 0.29) is 11.7 Å². The van der Waals surface area contributed by atoms with E-state index in [0.29, 0.717) is 6.42 Å². The molecule has 0 unspecified atom stereocenters. The molecule has 2 aliphatic rings. The predicted octanol–water partition coefficient (Wildman–Crippen LogP) is 3.84. The van der Waals surface area contributed by atoms with Crippen molar-refractivity contribution in [2.45, 2.75) is 32.6 Å². The van der Waals surface area contributed by atoms with E-state index < -0.39 is 0 Å². The lowest BCUT2D eigenvalue weighted by Crippen LogP contribution is -2.26. The number of aromatic nitrogens is 2. The molecule has 4 nitrogen and oxygen atoms in total. The Hall–Kier alpha value is -2.49. The Morgan fingerprint density at radius 3 is 2.60 bits per heavy atom. The molecule has 2 aromatic rings. The molecule has 2 heterocycles. The monoisotopic (exact) mass is 333 g/mol. The third-order valence-electron chi connectivity index (χ3n) is 5.08. The molecular weight excluding hydrogens is 310 g/mol. The SMILES string of the molecule is Cc1nc(N2CCCC2)nc2c1C(=O)C[C@@H](/C=C/c1ccccc1)C2. The highest BCUT2D eigenvalue weighted by molar-refractivity contribution is 5.99. The molecule has 1 aromatic heterocycles. The van der Waals surface area contributed by atoms with E-state index in [4.69, 9.17) is 4.98 Å². The third kappa shape index (κ3) is 3.34. The first kappa shape index (κ1) is 16.0. The molecule has 128 valence electrons. The van der Waals surface area contributed by atoms with Crippen LogP contribution in [-0.4, -0.2) is 28.8 Å². The molecule has 1 fully saturated rings. The van der Waals surface area contributed by atoms with Crippen molar-refractivity contribution in [3.05, 3.63) is 58.9 Å². The van der Waals surface area contributed by atoms with Gasteiger partial charge in [0.1, 0.15) is 0 Å². The van der Waals surface area contributed by atoms with E-state index in [0.717, 1.165) is 48.0 Å². The number of fused-ring (bicyclic) bond motifs is 1. The summed E-state index contributed by atoms with van der Waals surface area (Å²) in [5, 5.41) is 0. The fourth-order valence-electron chi connectivity index (χ4n) is 3.79. The van der Waals surface area contributed by atoms with Gasteiger partial charge >= 0.3 is 0 Å². The largest absolute Gasteiger partial charge is 0.341 e. The molecule has 0 bridgehead atoms. The number of aryl methyl sites for hydroxylation is 1. The summed E-state index contributed by atoms with van der Waals surface area (Å²) in [7, 11) is 0. The molecule has 1 saturated heterocycles. The van der Waals surface area contributed by atoms with Crippen LogP contribution in [-0.2, 0) is 6.42 Å². The van der Waals surface area contributed by atoms with Crippen molar-refractivity contribution in [1.82, 2.24) is 9.97 Å². The summed E-state index contributed by atoms with van der Waals surface area (Å²) in [6.45, 7) is 3.98. The van der Waals surface area contributed by atoms with Crippen molar-refractivity contribution in [2.24, 2.45) is 5.92 Å². The fourth-order valence-corrected chi connectivity index (χ4v) is 3.79. The first-order valence-corrected chi connectivity index (χ1v) is 9.09. The number of Topliss-reactive ketones (excluding diaryl/α,β-unsaturated/α-hetero) is 1. The van der Waals surface area contributed by atoms with Gasteiger partial charge in [-0.1, -0.05) is 42.5 Å². The van der Waals surface area contributed by atoms with Gasteiger partial charge in [0, 0.05) is 19.5 Å². The van der Waals surface area contributed by atoms with E-state index >= 15 is 0 Å². The first-order chi connectivity index (χ1) is 12.2. The van der Waals surface area contributed by atoms with Crippen molar-refractivity contribution >= 4 is 17.8 Å². The van der Waals surface area contributed by atoms with Gasteiger partial charge in [0.15, 0.2) is 5.78 Å². The topological polar surface area (TPSA) is 46.1 Å². The Morgan fingerprint density at radius 2 is 1.84 bits per heavy atom. The zero-order valence-corrected chi connectivity index (χ0v) is 14.6. The minimum atomic E-state index is 0.175. The van der Waals surface area contributed by atoms with Crippen molar-refractivity contribution in [3.8, 4) is 0 Å². The van der Waals surface area contributed by atoms with Crippen LogP contribution in [0.2, 0.25) is 0 Å². The summed E-state index contributed by atoms with van der Waals surface area (Å²) >= 11 is 0. The molecule has 0 spiro atoms. The number of anilines is 1. The lowest BCUT2D eigenvalue weighted by molar-refractivity contribution is 0.0956. The van der Waals surface area contributed by atoms with E-state index in [9.17, 15) is 4.79 Å². The lowest BCUT2D eigenvalue weighted by atomic mass is 9.85. The quantitative estimate of drug-likeness (QED) is 0.856. The van der Waals surface area contributed by atoms with Gasteiger partial charge in [-0.15, -0.1) is 0 Å². The predicted molar refractivity (Wildman–Crippen MR) is 99.8 cm³/mol. The molecule has 0 saturated carbocycles. The highest BCUT2D eigenvalue weighted by Crippen LogP contribution is 2.29. The summed E-state index contributed by atoms with van der Waals surface area (Å²) in [6.07, 6.45) is 8.02. The molecule has 1 aliphatic carbocycles. The summed E-state index contributed by atoms with van der Waals surface area (Å²) in [5.74, 6) is 1.18. The van der Waals surface area contributed by atoms with E-state index in [2.05, 4.69) is 34.2 Å². The number of hydrogen-bond acceptors (Lipinski definition) is 4. The van der Waals surface area contributed by atoms with Crippen LogP contribution in [0.5, 0.6) is 0 Å². The summed E-state index contributed by atoms with van der Waals surface area (Å²) in [4.78, 5) is 24.3. The first-order valence-electron chi connectivity index (χ1n) is 9.09. The number of carbonyl (C=O) groups is 1. The number of hydrogen-bond donors (Lipinski definition) is 0. The summed E-state index contributed by atoms with van der Waals surface area (Å²) in [5.41, 5.74) is 3.68. The maximum absolute atomic E-state index is 12.6. The number of carbonyl (C=O) groups excluding carboxylic acids is 1. The molecule has 25 heavy (non-hydrogen) atoms. The smallest absolute Gasteiger partial charge is 0.225 e. The molecule has 0 amide bonds. The number of allylic oxidation sites excluding steroid dienone is 1. The molecular formula is C21H23N3O. The Morgan fingerprint density at radius 1 is 1.08 bits per heavy atom. The number of rotatable bonds is 3. The average Bonchev–Trinajstić information content (AvgIpc) is 3.15. The minimum Gasteiger partial charge on any atom is -0.341 e. The van der Waals surface area contributed by atoms with E-state index in [1.54, 1.807) is 0 Å². The molecule has 1 aromatic carbocycles. The van der Waals surface area contributed by atoms with Crippen LogP contribution < -0.4 is 4.90 Å². The second-order valence-electron chi connectivity index (χ2n) is 6.99. The van der Waals surface area contributed by atoms with Crippen LogP contribution in [0.25, 0.3) is 6.08 Å². The molecule has 1 atom stereocenters. The Kier molecular flexibility index (Phi) is 4.35. The standard InChI is InChI=1S/C21H23N3O/c1-15-20-18(23-21(22-15)24-11-5-6-12-24)13-17(14-19(20)25)10-9-16-7-3-2-4-8-16/h2-4,7-10,17H,5-6,11-14H2,1H3/b10-9+/t17-/m0/s1. The van der Waals surface area contributed by atoms with Crippen molar-refractivity contribution in [3.63, 3.8) is 0 Å². The van der Waals surface area contributed by atoms with Crippen LogP contribution in [0.4, 0.5) is 5.95 Å². The van der Waals surface area contributed by atoms with Crippen LogP contribution in [0.15, 0.2) is 36.4 Å². The third-order valence-corrected chi connectivity index (χ3v) is 5.08. The molecule has 0 radical (unpaired) electrons. The van der Waals surface area contributed by atoms with Gasteiger partial charge in [-0.25, -0.2) is 9.97 Å². The summed E-state index contributed by atoms with van der Waals surface area (Å²) in [6, 6.07) is 10.2. The highest BCUT2D eigenvalue weighted by Gasteiger charge is 2.29. The van der Waals surface area contributed by atoms with Gasteiger partial charge in [0.25, 0.3) is 0 Å². The van der Waals surface area contributed by atoms with Gasteiger partial charge in [-0.3, -0.25) is 4.79 Å². The van der Waals surface area contributed by atoms with Crippen LogP contribution in [0, 0.1) is 12.8 Å². The zero-order valence-electron chi connectivity index (χ0n) is 14.6. The Labute approximate surface area is 148 Å². The average molecular weight is 333 g/mol. The van der Waals surface area contributed by atoms with E-state index in [1.807, 2.05) is 25.1 Å². The minimum absolute atomic E-state index is 0.175. The van der Waals surface area contributed by atoms with Crippen molar-refractivity contribution in [2.75, 3.05) is 18.0 Å². The van der Waals surface area contributed by atoms with Crippen LogP contribution in [0.3, 0.4) is 0 Å². The van der Waals surface area contributed by atoms with Gasteiger partial charge in [-0.05, 0) is 37.7 Å². The van der Waals surface area contributed by atoms with Gasteiger partial charge in [0.2, 0.25) is 5.95 Å². The van der Waals surface area contributed by atoms with Crippen LogP contribution >= 0.6 is 0 Å². The molecule has 4 heteroatoms. The molecule has 1 aliphatic heterocycles. The van der Waals surface area contributed by atoms with E-state index in [1.165, 1.54) is 12.8 Å². The second kappa shape index (κ2) is 6.79. The van der Waals surface area contributed by atoms with Gasteiger partial charge in [0.05, 0.1) is 17.0 Å². The van der Waals surface area contributed by atoms with Gasteiger partial charge in [-0.2, -0.15) is 0 Å². The lowest BCUT2D eigenvalue weighted by Gasteiger charge is -2.24. The number of nitrogens with zero attached hydrogens (tertiary/aromatic N) is 3. The summed E-state index contributed by atoms with van der Waals surface area (Å²) < 4.78 is 0. The fraction of sp³-hybridized carbons (Fsp3) is 0.381. The van der Waals surface area contributed by atoms with Gasteiger partial charge < -0.3 is 4.90 Å².